The molecular formula is C22H32N4O. The predicted octanol–water partition coefficient (Wildman–Crippen LogP) is 3.47. The van der Waals surface area contributed by atoms with E-state index in [1.165, 1.54) is 5.56 Å². The van der Waals surface area contributed by atoms with Crippen molar-refractivity contribution in [3.8, 4) is 5.69 Å². The van der Waals surface area contributed by atoms with E-state index in [0.29, 0.717) is 5.92 Å². The summed E-state index contributed by atoms with van der Waals surface area (Å²) in [7, 11) is 0. The van der Waals surface area contributed by atoms with E-state index in [4.69, 9.17) is 5.10 Å². The van der Waals surface area contributed by atoms with Gasteiger partial charge in [-0.1, -0.05) is 32.9 Å². The third-order valence-electron chi connectivity index (χ3n) is 5.36. The number of likely N-dealkylation sites (N-methyl/N-ethyl adjacent to an activating group) is 1. The minimum Gasteiger partial charge on any atom is -0.336 e. The molecule has 1 fully saturated rings. The van der Waals surface area contributed by atoms with Crippen LogP contribution in [0, 0.1) is 19.8 Å². The number of piperazine rings is 1. The summed E-state index contributed by atoms with van der Waals surface area (Å²) in [5, 5.41) is 4.87. The number of rotatable bonds is 5. The highest BCUT2D eigenvalue weighted by Crippen LogP contribution is 2.23. The van der Waals surface area contributed by atoms with Crippen molar-refractivity contribution in [2.24, 2.45) is 5.92 Å². The second-order valence-electron chi connectivity index (χ2n) is 7.98. The zero-order valence-electron chi connectivity index (χ0n) is 17.3. The summed E-state index contributed by atoms with van der Waals surface area (Å²) in [6.45, 7) is 15.2. The van der Waals surface area contributed by atoms with Crippen LogP contribution >= 0.6 is 0 Å². The van der Waals surface area contributed by atoms with Crippen LogP contribution in [0.15, 0.2) is 24.3 Å². The molecule has 27 heavy (non-hydrogen) atoms. The molecule has 1 aliphatic heterocycles. The molecule has 0 spiro atoms. The van der Waals surface area contributed by atoms with Gasteiger partial charge in [-0.3, -0.25) is 4.79 Å². The predicted molar refractivity (Wildman–Crippen MR) is 110 cm³/mol. The number of hydrogen-bond acceptors (Lipinski definition) is 3. The molecule has 0 N–H and O–H groups in total. The summed E-state index contributed by atoms with van der Waals surface area (Å²) in [5.74, 6) is 0.589. The lowest BCUT2D eigenvalue weighted by Crippen LogP contribution is -2.48. The molecule has 1 saturated heterocycles. The van der Waals surface area contributed by atoms with E-state index >= 15 is 0 Å². The van der Waals surface area contributed by atoms with E-state index in [0.717, 1.165) is 61.8 Å². The molecule has 0 saturated carbocycles. The van der Waals surface area contributed by atoms with Crippen molar-refractivity contribution in [3.63, 3.8) is 0 Å². The number of aryl methyl sites for hydroxylation is 1. The summed E-state index contributed by atoms with van der Waals surface area (Å²) < 4.78 is 1.94. The van der Waals surface area contributed by atoms with Crippen LogP contribution in [-0.4, -0.2) is 58.2 Å². The Morgan fingerprint density at radius 1 is 1.15 bits per heavy atom. The van der Waals surface area contributed by atoms with Crippen molar-refractivity contribution >= 4 is 5.91 Å². The number of carbonyl (C=O) groups is 1. The highest BCUT2D eigenvalue weighted by atomic mass is 16.2. The minimum atomic E-state index is 0.137. The molecule has 0 radical (unpaired) electrons. The molecule has 1 aromatic heterocycles. The van der Waals surface area contributed by atoms with Crippen LogP contribution in [0.2, 0.25) is 0 Å². The number of carbonyl (C=O) groups excluding carboxylic acids is 1. The van der Waals surface area contributed by atoms with Crippen LogP contribution in [0.1, 0.15) is 48.1 Å². The smallest absolute Gasteiger partial charge is 0.257 e. The van der Waals surface area contributed by atoms with Gasteiger partial charge in [0.25, 0.3) is 5.91 Å². The Bertz CT molecular complexity index is 801. The fourth-order valence-corrected chi connectivity index (χ4v) is 3.80. The van der Waals surface area contributed by atoms with Gasteiger partial charge in [-0.25, -0.2) is 4.68 Å². The molecule has 5 nitrogen and oxygen atoms in total. The van der Waals surface area contributed by atoms with Crippen molar-refractivity contribution in [1.82, 2.24) is 19.6 Å². The molecule has 1 amide bonds. The average Bonchev–Trinajstić information content (AvgIpc) is 2.96. The van der Waals surface area contributed by atoms with Crippen LogP contribution in [0.25, 0.3) is 5.69 Å². The fourth-order valence-electron chi connectivity index (χ4n) is 3.80. The number of amides is 1. The lowest BCUT2D eigenvalue weighted by Gasteiger charge is -2.34. The zero-order valence-corrected chi connectivity index (χ0v) is 17.3. The molecule has 2 aromatic rings. The Hall–Kier alpha value is -2.14. The van der Waals surface area contributed by atoms with Gasteiger partial charge in [-0.15, -0.1) is 0 Å². The number of aromatic nitrogens is 2. The van der Waals surface area contributed by atoms with Crippen molar-refractivity contribution in [1.29, 1.82) is 0 Å². The summed E-state index contributed by atoms with van der Waals surface area (Å²) in [6.07, 6.45) is 0.815. The second kappa shape index (κ2) is 8.26. The quantitative estimate of drug-likeness (QED) is 0.811. The van der Waals surface area contributed by atoms with Crippen LogP contribution in [0.3, 0.4) is 0 Å². The van der Waals surface area contributed by atoms with Gasteiger partial charge in [0.1, 0.15) is 0 Å². The molecule has 3 rings (SSSR count). The Kier molecular flexibility index (Phi) is 6.00. The van der Waals surface area contributed by atoms with Crippen LogP contribution in [0.5, 0.6) is 0 Å². The summed E-state index contributed by atoms with van der Waals surface area (Å²) in [5.41, 5.74) is 4.88. The lowest BCUT2D eigenvalue weighted by atomic mass is 10.0. The highest BCUT2D eigenvalue weighted by molar-refractivity contribution is 5.96. The number of benzene rings is 1. The van der Waals surface area contributed by atoms with Gasteiger partial charge in [0.05, 0.1) is 22.6 Å². The molecule has 0 unspecified atom stereocenters. The normalized spacial score (nSPS) is 15.6. The summed E-state index contributed by atoms with van der Waals surface area (Å²) >= 11 is 0. The van der Waals surface area contributed by atoms with Crippen molar-refractivity contribution < 1.29 is 4.79 Å². The van der Waals surface area contributed by atoms with E-state index in [1.54, 1.807) is 0 Å². The molecular weight excluding hydrogens is 336 g/mol. The number of hydrogen-bond donors (Lipinski definition) is 0. The molecule has 0 aliphatic carbocycles. The standard InChI is InChI=1S/C22H32N4O/c1-6-24-10-12-25(13-11-24)22(27)21-18(5)26(23-20(21)14-16(2)3)19-9-7-8-17(4)15-19/h7-9,15-16H,6,10-14H2,1-5H3. The highest BCUT2D eigenvalue weighted by Gasteiger charge is 2.28. The molecule has 1 aliphatic rings. The molecule has 0 bridgehead atoms. The van der Waals surface area contributed by atoms with E-state index in [1.807, 2.05) is 22.6 Å². The summed E-state index contributed by atoms with van der Waals surface area (Å²) in [4.78, 5) is 17.8. The molecule has 146 valence electrons. The molecule has 2 heterocycles. The monoisotopic (exact) mass is 368 g/mol. The van der Waals surface area contributed by atoms with Gasteiger partial charge in [-0.2, -0.15) is 5.10 Å². The van der Waals surface area contributed by atoms with Crippen LogP contribution in [-0.2, 0) is 6.42 Å². The molecule has 1 aromatic carbocycles. The lowest BCUT2D eigenvalue weighted by molar-refractivity contribution is 0.0641. The van der Waals surface area contributed by atoms with Gasteiger partial charge in [0.15, 0.2) is 0 Å². The van der Waals surface area contributed by atoms with Crippen molar-refractivity contribution in [3.05, 3.63) is 46.8 Å². The maximum Gasteiger partial charge on any atom is 0.257 e. The minimum absolute atomic E-state index is 0.137. The van der Waals surface area contributed by atoms with Gasteiger partial charge in [-0.05, 0) is 50.4 Å². The zero-order chi connectivity index (χ0) is 19.6. The van der Waals surface area contributed by atoms with Crippen molar-refractivity contribution in [2.45, 2.75) is 41.0 Å². The molecule has 5 heteroatoms. The van der Waals surface area contributed by atoms with Gasteiger partial charge >= 0.3 is 0 Å². The van der Waals surface area contributed by atoms with E-state index in [-0.39, 0.29) is 5.91 Å². The van der Waals surface area contributed by atoms with Crippen LogP contribution < -0.4 is 0 Å². The van der Waals surface area contributed by atoms with Gasteiger partial charge < -0.3 is 9.80 Å². The average molecular weight is 369 g/mol. The third-order valence-corrected chi connectivity index (χ3v) is 5.36. The Balaban J connectivity index is 1.96. The first-order valence-corrected chi connectivity index (χ1v) is 10.1. The molecule has 0 atom stereocenters. The topological polar surface area (TPSA) is 41.4 Å². The first-order valence-electron chi connectivity index (χ1n) is 10.1. The Morgan fingerprint density at radius 3 is 2.44 bits per heavy atom. The largest absolute Gasteiger partial charge is 0.336 e. The van der Waals surface area contributed by atoms with E-state index in [9.17, 15) is 4.79 Å². The Morgan fingerprint density at radius 2 is 1.85 bits per heavy atom. The van der Waals surface area contributed by atoms with Crippen molar-refractivity contribution in [2.75, 3.05) is 32.7 Å². The van der Waals surface area contributed by atoms with Crippen LogP contribution in [0.4, 0.5) is 0 Å². The van der Waals surface area contributed by atoms with Gasteiger partial charge in [0, 0.05) is 26.2 Å². The second-order valence-corrected chi connectivity index (χ2v) is 7.98. The maximum atomic E-state index is 13.4. The Labute approximate surface area is 163 Å². The van der Waals surface area contributed by atoms with E-state index < -0.39 is 0 Å². The fraction of sp³-hybridized carbons (Fsp3) is 0.545. The van der Waals surface area contributed by atoms with E-state index in [2.05, 4.69) is 50.8 Å². The first-order chi connectivity index (χ1) is 12.9. The summed E-state index contributed by atoms with van der Waals surface area (Å²) in [6, 6.07) is 8.30. The number of nitrogens with zero attached hydrogens (tertiary/aromatic N) is 4. The van der Waals surface area contributed by atoms with Gasteiger partial charge in [0.2, 0.25) is 0 Å². The first kappa shape index (κ1) is 19.6. The maximum absolute atomic E-state index is 13.4. The third kappa shape index (κ3) is 4.24. The SMILES string of the molecule is CCN1CCN(C(=O)c2c(CC(C)C)nn(-c3cccc(C)c3)c2C)CC1.